The van der Waals surface area contributed by atoms with Crippen LogP contribution in [-0.2, 0) is 15.0 Å². The molecule has 2 aromatic heterocycles. The second-order valence-corrected chi connectivity index (χ2v) is 11.6. The highest BCUT2D eigenvalue weighted by molar-refractivity contribution is 5.89. The van der Waals surface area contributed by atoms with E-state index in [9.17, 15) is 14.0 Å². The number of halogens is 1. The number of fused-ring (bicyclic) bond motifs is 3. The SMILES string of the molecule is CN1CCCC(=O)NCC(C)(c2ccc(F)cc2)C(=O)N2CCCC[C@H]2c2cc3nc(N4CC(N)C4)cc1n3n2. The third-order valence-corrected chi connectivity index (χ3v) is 8.63. The number of nitrogens with zero attached hydrogens (tertiary/aromatic N) is 6. The maximum atomic E-state index is 14.4. The number of piperidine rings is 1. The minimum absolute atomic E-state index is 0.100. The molecule has 0 saturated carbocycles. The van der Waals surface area contributed by atoms with Gasteiger partial charge in [0.1, 0.15) is 17.5 Å². The van der Waals surface area contributed by atoms with Gasteiger partial charge < -0.3 is 25.8 Å². The van der Waals surface area contributed by atoms with E-state index in [0.717, 1.165) is 55.3 Å². The van der Waals surface area contributed by atoms with E-state index in [1.54, 1.807) is 12.1 Å². The van der Waals surface area contributed by atoms with Crippen molar-refractivity contribution in [3.8, 4) is 0 Å². The van der Waals surface area contributed by atoms with E-state index in [-0.39, 0.29) is 36.3 Å². The molecule has 40 heavy (non-hydrogen) atoms. The van der Waals surface area contributed by atoms with E-state index in [1.807, 2.05) is 35.5 Å². The maximum Gasteiger partial charge on any atom is 0.235 e. The number of carbonyl (C=O) groups is 2. The van der Waals surface area contributed by atoms with Crippen LogP contribution < -0.4 is 20.9 Å². The van der Waals surface area contributed by atoms with Gasteiger partial charge in [-0.05, 0) is 50.3 Å². The number of nitrogens with one attached hydrogen (secondary N) is 1. The second-order valence-electron chi connectivity index (χ2n) is 11.6. The van der Waals surface area contributed by atoms with Gasteiger partial charge in [0.25, 0.3) is 0 Å². The molecule has 1 aromatic carbocycles. The Kier molecular flexibility index (Phi) is 6.85. The fraction of sp³-hybridized carbons (Fsp3) is 0.517. The molecule has 0 radical (unpaired) electrons. The highest BCUT2D eigenvalue weighted by Gasteiger charge is 2.43. The summed E-state index contributed by atoms with van der Waals surface area (Å²) in [5.74, 6) is 1.15. The van der Waals surface area contributed by atoms with Crippen molar-refractivity contribution in [1.29, 1.82) is 0 Å². The third-order valence-electron chi connectivity index (χ3n) is 8.63. The Morgan fingerprint density at radius 2 is 1.85 bits per heavy atom. The summed E-state index contributed by atoms with van der Waals surface area (Å²) in [4.78, 5) is 38.5. The van der Waals surface area contributed by atoms with Crippen molar-refractivity contribution in [2.75, 3.05) is 49.6 Å². The van der Waals surface area contributed by atoms with Gasteiger partial charge in [-0.1, -0.05) is 12.1 Å². The molecule has 5 heterocycles. The monoisotopic (exact) mass is 548 g/mol. The number of rotatable bonds is 2. The molecule has 2 bridgehead atoms. The molecule has 11 heteroatoms. The summed E-state index contributed by atoms with van der Waals surface area (Å²) in [5, 5.41) is 8.04. The van der Waals surface area contributed by atoms with Crippen molar-refractivity contribution in [3.63, 3.8) is 0 Å². The quantitative estimate of drug-likeness (QED) is 0.506. The molecule has 1 unspecified atom stereocenters. The van der Waals surface area contributed by atoms with Crippen molar-refractivity contribution in [2.45, 2.75) is 56.5 Å². The highest BCUT2D eigenvalue weighted by Crippen LogP contribution is 2.37. The van der Waals surface area contributed by atoms with Gasteiger partial charge in [-0.2, -0.15) is 9.61 Å². The van der Waals surface area contributed by atoms with Crippen molar-refractivity contribution in [2.24, 2.45) is 5.73 Å². The fourth-order valence-corrected chi connectivity index (χ4v) is 6.13. The molecule has 2 atom stereocenters. The van der Waals surface area contributed by atoms with Crippen LogP contribution in [0.15, 0.2) is 36.4 Å². The van der Waals surface area contributed by atoms with Gasteiger partial charge in [-0.15, -0.1) is 0 Å². The van der Waals surface area contributed by atoms with Crippen LogP contribution in [-0.4, -0.2) is 77.1 Å². The molecular formula is C29H37FN8O2. The van der Waals surface area contributed by atoms with Crippen LogP contribution in [0.3, 0.4) is 0 Å². The molecule has 3 aliphatic rings. The lowest BCUT2D eigenvalue weighted by atomic mass is 9.79. The Bertz CT molecular complexity index is 1420. The Morgan fingerprint density at radius 3 is 2.60 bits per heavy atom. The Labute approximate surface area is 233 Å². The van der Waals surface area contributed by atoms with Gasteiger partial charge in [0.05, 0.1) is 17.2 Å². The summed E-state index contributed by atoms with van der Waals surface area (Å²) in [6.07, 6.45) is 3.58. The van der Waals surface area contributed by atoms with Crippen molar-refractivity contribution in [3.05, 3.63) is 53.5 Å². The standard InChI is InChI=1S/C29H37FN8O2/c1-29(19-8-10-20(30)11-9-19)18-32-26(39)7-5-12-35(2)27-15-24(36-16-21(31)17-36)33-25-14-22(34-38(25)27)23-6-3-4-13-37(23)28(29)40/h8-11,14-15,21,23H,3-7,12-13,16-18,31H2,1-2H3,(H,32,39)/t23-,29?/m0/s1. The second kappa shape index (κ2) is 10.3. The molecule has 2 saturated heterocycles. The molecular weight excluding hydrogens is 511 g/mol. The predicted octanol–water partition coefficient (Wildman–Crippen LogP) is 2.37. The van der Waals surface area contributed by atoms with Crippen LogP contribution in [0.5, 0.6) is 0 Å². The lowest BCUT2D eigenvalue weighted by Crippen LogP contribution is -2.56. The fourth-order valence-electron chi connectivity index (χ4n) is 6.13. The third kappa shape index (κ3) is 4.76. The summed E-state index contributed by atoms with van der Waals surface area (Å²) in [7, 11) is 2.00. The molecule has 0 aliphatic carbocycles. The number of benzene rings is 1. The van der Waals surface area contributed by atoms with Crippen molar-refractivity contribution >= 4 is 29.1 Å². The summed E-state index contributed by atoms with van der Waals surface area (Å²) in [5.41, 5.74) is 7.18. The summed E-state index contributed by atoms with van der Waals surface area (Å²) < 4.78 is 15.7. The van der Waals surface area contributed by atoms with E-state index in [2.05, 4.69) is 15.1 Å². The number of hydrogen-bond acceptors (Lipinski definition) is 7. The number of nitrogens with two attached hydrogens (primary N) is 1. The smallest absolute Gasteiger partial charge is 0.235 e. The van der Waals surface area contributed by atoms with Gasteiger partial charge in [0.2, 0.25) is 11.8 Å². The molecule has 0 spiro atoms. The predicted molar refractivity (Wildman–Crippen MR) is 151 cm³/mol. The summed E-state index contributed by atoms with van der Waals surface area (Å²) in [6, 6.07) is 9.96. The van der Waals surface area contributed by atoms with Crippen LogP contribution in [0.1, 0.15) is 56.3 Å². The zero-order valence-electron chi connectivity index (χ0n) is 23.1. The minimum Gasteiger partial charge on any atom is -0.359 e. The van der Waals surface area contributed by atoms with Gasteiger partial charge in [-0.25, -0.2) is 9.37 Å². The average Bonchev–Trinajstić information content (AvgIpc) is 3.37. The molecule has 2 fully saturated rings. The van der Waals surface area contributed by atoms with E-state index >= 15 is 0 Å². The normalized spacial score (nSPS) is 24.9. The van der Waals surface area contributed by atoms with Crippen LogP contribution in [0, 0.1) is 5.82 Å². The van der Waals surface area contributed by atoms with E-state index < -0.39 is 5.41 Å². The van der Waals surface area contributed by atoms with Crippen LogP contribution in [0.25, 0.3) is 5.65 Å². The zero-order valence-corrected chi connectivity index (χ0v) is 23.1. The molecule has 10 nitrogen and oxygen atoms in total. The molecule has 3 N–H and O–H groups in total. The first kappa shape index (κ1) is 26.5. The van der Waals surface area contributed by atoms with Gasteiger partial charge in [-0.3, -0.25) is 9.59 Å². The van der Waals surface area contributed by atoms with Crippen LogP contribution >= 0.6 is 0 Å². The molecule has 6 rings (SSSR count). The number of aromatic nitrogens is 3. The molecule has 3 aliphatic heterocycles. The van der Waals surface area contributed by atoms with Gasteiger partial charge in [0, 0.05) is 64.4 Å². The van der Waals surface area contributed by atoms with Crippen molar-refractivity contribution < 1.29 is 14.0 Å². The van der Waals surface area contributed by atoms with Gasteiger partial charge >= 0.3 is 0 Å². The topological polar surface area (TPSA) is 112 Å². The first-order valence-corrected chi connectivity index (χ1v) is 14.2. The number of hydrogen-bond donors (Lipinski definition) is 2. The van der Waals surface area contributed by atoms with Crippen LogP contribution in [0.4, 0.5) is 16.0 Å². The first-order valence-electron chi connectivity index (χ1n) is 14.2. The van der Waals surface area contributed by atoms with E-state index in [4.69, 9.17) is 15.8 Å². The number of amides is 2. The summed E-state index contributed by atoms with van der Waals surface area (Å²) >= 11 is 0. The maximum absolute atomic E-state index is 14.4. The zero-order chi connectivity index (χ0) is 28.0. The lowest BCUT2D eigenvalue weighted by molar-refractivity contribution is -0.141. The summed E-state index contributed by atoms with van der Waals surface area (Å²) in [6.45, 7) is 4.70. The van der Waals surface area contributed by atoms with Gasteiger partial charge in [0.15, 0.2) is 5.65 Å². The first-order chi connectivity index (χ1) is 19.2. The van der Waals surface area contributed by atoms with E-state index in [1.165, 1.54) is 12.1 Å². The average molecular weight is 549 g/mol. The Balaban J connectivity index is 1.45. The molecule has 3 aromatic rings. The number of carbonyl (C=O) groups excluding carboxylic acids is 2. The number of anilines is 2. The largest absolute Gasteiger partial charge is 0.359 e. The van der Waals surface area contributed by atoms with Crippen LogP contribution in [0.2, 0.25) is 0 Å². The lowest BCUT2D eigenvalue weighted by Gasteiger charge is -2.41. The highest BCUT2D eigenvalue weighted by atomic mass is 19.1. The minimum atomic E-state index is -1.07. The van der Waals surface area contributed by atoms with Crippen molar-refractivity contribution in [1.82, 2.24) is 24.8 Å². The Hall–Kier alpha value is -3.73. The Morgan fingerprint density at radius 1 is 1.07 bits per heavy atom. The van der Waals surface area contributed by atoms with E-state index in [0.29, 0.717) is 31.5 Å². The molecule has 2 amide bonds. The molecule has 212 valence electrons.